The van der Waals surface area contributed by atoms with Crippen LogP contribution in [0.1, 0.15) is 52.5 Å². The van der Waals surface area contributed by atoms with Crippen molar-refractivity contribution in [2.45, 2.75) is 52.5 Å². The molecule has 2 atom stereocenters. The fourth-order valence-corrected chi connectivity index (χ4v) is 3.51. The number of benzene rings is 1. The molecule has 2 rings (SSSR count). The molecular weight excluding hydrogens is 258 g/mol. The normalized spacial score (nSPS) is 22.6. The van der Waals surface area contributed by atoms with Gasteiger partial charge < -0.3 is 5.32 Å². The Balaban J connectivity index is 2.12. The van der Waals surface area contributed by atoms with E-state index in [0.717, 1.165) is 12.8 Å². The van der Waals surface area contributed by atoms with Crippen molar-refractivity contribution in [2.24, 2.45) is 11.8 Å². The Morgan fingerprint density at radius 1 is 1.29 bits per heavy atom. The monoisotopic (exact) mass is 285 g/mol. The molecule has 1 aliphatic carbocycles. The summed E-state index contributed by atoms with van der Waals surface area (Å²) in [5, 5.41) is 3.19. The number of carbonyl (C=O) groups is 1. The summed E-state index contributed by atoms with van der Waals surface area (Å²) in [7, 11) is 0. The summed E-state index contributed by atoms with van der Waals surface area (Å²) in [6.45, 7) is 8.52. The number of rotatable bonds is 4. The van der Waals surface area contributed by atoms with Crippen LogP contribution in [-0.4, -0.2) is 11.4 Å². The summed E-state index contributed by atoms with van der Waals surface area (Å²) in [6.07, 6.45) is 5.03. The maximum absolute atomic E-state index is 11.7. The Bertz CT molecular complexity index is 516. The average molecular weight is 285 g/mol. The molecule has 0 bridgehead atoms. The summed E-state index contributed by atoms with van der Waals surface area (Å²) < 4.78 is 0. The van der Waals surface area contributed by atoms with Crippen LogP contribution in [0.4, 0.5) is 0 Å². The number of hydrogen-bond donors (Lipinski definition) is 1. The number of carbonyl (C=O) groups excluding carboxylic acids is 1. The molecule has 114 valence electrons. The maximum Gasteiger partial charge on any atom is 0.220 e. The van der Waals surface area contributed by atoms with Gasteiger partial charge in [0.15, 0.2) is 0 Å². The van der Waals surface area contributed by atoms with Crippen molar-refractivity contribution in [2.75, 3.05) is 0 Å². The van der Waals surface area contributed by atoms with Crippen molar-refractivity contribution in [3.8, 4) is 0 Å². The molecule has 1 N–H and O–H groups in total. The van der Waals surface area contributed by atoms with Crippen molar-refractivity contribution in [1.82, 2.24) is 5.32 Å². The van der Waals surface area contributed by atoms with Crippen LogP contribution in [0.2, 0.25) is 0 Å². The second-order valence-electron chi connectivity index (χ2n) is 6.74. The fourth-order valence-electron chi connectivity index (χ4n) is 3.51. The highest BCUT2D eigenvalue weighted by atomic mass is 16.1. The first-order valence-corrected chi connectivity index (χ1v) is 7.99. The maximum atomic E-state index is 11.7. The van der Waals surface area contributed by atoms with E-state index < -0.39 is 0 Å². The smallest absolute Gasteiger partial charge is 0.220 e. The molecular formula is C19H27NO. The molecule has 2 heteroatoms. The molecule has 0 fully saturated rings. The Kier molecular flexibility index (Phi) is 4.87. The van der Waals surface area contributed by atoms with Crippen LogP contribution in [0.3, 0.4) is 0 Å². The highest BCUT2D eigenvalue weighted by Gasteiger charge is 2.36. The molecule has 1 aromatic carbocycles. The van der Waals surface area contributed by atoms with Crippen LogP contribution in [0, 0.1) is 11.8 Å². The van der Waals surface area contributed by atoms with E-state index in [1.54, 1.807) is 0 Å². The van der Waals surface area contributed by atoms with Gasteiger partial charge in [-0.15, -0.1) is 0 Å². The lowest BCUT2D eigenvalue weighted by Crippen LogP contribution is -2.51. The minimum atomic E-state index is -0.148. The zero-order valence-electron chi connectivity index (χ0n) is 13.6. The predicted octanol–water partition coefficient (Wildman–Crippen LogP) is 4.42. The van der Waals surface area contributed by atoms with Gasteiger partial charge in [0.1, 0.15) is 0 Å². The summed E-state index contributed by atoms with van der Waals surface area (Å²) >= 11 is 0. The van der Waals surface area contributed by atoms with Gasteiger partial charge in [-0.2, -0.15) is 0 Å². The van der Waals surface area contributed by atoms with E-state index >= 15 is 0 Å². The van der Waals surface area contributed by atoms with Gasteiger partial charge in [0.2, 0.25) is 5.91 Å². The molecule has 1 amide bonds. The molecule has 0 unspecified atom stereocenters. The molecule has 1 aliphatic rings. The van der Waals surface area contributed by atoms with Gasteiger partial charge in [-0.05, 0) is 49.7 Å². The minimum absolute atomic E-state index is 0.144. The van der Waals surface area contributed by atoms with Gasteiger partial charge in [0.05, 0.1) is 0 Å². The SMILES string of the molecule is CCC(=O)NC(C)(C)[C@H]1CC=C(c2ccccc2)C[C@H]1C. The van der Waals surface area contributed by atoms with E-state index in [2.05, 4.69) is 62.5 Å². The standard InChI is InChI=1S/C19H27NO/c1-5-18(21)20-19(3,4)17-12-11-16(13-14(17)2)15-9-7-6-8-10-15/h6-11,14,17H,5,12-13H2,1-4H3,(H,20,21)/t14-,17+/m1/s1. The molecule has 0 heterocycles. The number of allylic oxidation sites excluding steroid dienone is 2. The van der Waals surface area contributed by atoms with Crippen LogP contribution < -0.4 is 5.32 Å². The van der Waals surface area contributed by atoms with E-state index in [1.807, 2.05) is 6.92 Å². The Morgan fingerprint density at radius 2 is 1.95 bits per heavy atom. The third kappa shape index (κ3) is 3.75. The Hall–Kier alpha value is -1.57. The van der Waals surface area contributed by atoms with Crippen LogP contribution in [-0.2, 0) is 4.79 Å². The Morgan fingerprint density at radius 3 is 2.52 bits per heavy atom. The molecule has 0 saturated heterocycles. The van der Waals surface area contributed by atoms with Gasteiger partial charge in [0, 0.05) is 12.0 Å². The predicted molar refractivity (Wildman–Crippen MR) is 88.8 cm³/mol. The Labute approximate surface area is 128 Å². The van der Waals surface area contributed by atoms with Gasteiger partial charge in [-0.1, -0.05) is 50.3 Å². The zero-order chi connectivity index (χ0) is 15.5. The van der Waals surface area contributed by atoms with Crippen LogP contribution in [0.25, 0.3) is 5.57 Å². The number of hydrogen-bond acceptors (Lipinski definition) is 1. The summed E-state index contributed by atoms with van der Waals surface area (Å²) in [5.41, 5.74) is 2.63. The van der Waals surface area contributed by atoms with E-state index in [0.29, 0.717) is 18.3 Å². The highest BCUT2D eigenvalue weighted by Crippen LogP contribution is 2.39. The third-order valence-electron chi connectivity index (χ3n) is 4.70. The molecule has 0 aliphatic heterocycles. The van der Waals surface area contributed by atoms with E-state index in [-0.39, 0.29) is 11.4 Å². The third-order valence-corrected chi connectivity index (χ3v) is 4.70. The quantitative estimate of drug-likeness (QED) is 0.871. The van der Waals surface area contributed by atoms with Crippen molar-refractivity contribution in [1.29, 1.82) is 0 Å². The summed E-state index contributed by atoms with van der Waals surface area (Å²) in [4.78, 5) is 11.7. The first kappa shape index (κ1) is 15.8. The first-order chi connectivity index (χ1) is 9.94. The lowest BCUT2D eigenvalue weighted by atomic mass is 9.70. The van der Waals surface area contributed by atoms with Crippen LogP contribution in [0.15, 0.2) is 36.4 Å². The second-order valence-corrected chi connectivity index (χ2v) is 6.74. The van der Waals surface area contributed by atoms with Gasteiger partial charge in [0.25, 0.3) is 0 Å². The molecule has 0 radical (unpaired) electrons. The number of nitrogens with one attached hydrogen (secondary N) is 1. The van der Waals surface area contributed by atoms with E-state index in [9.17, 15) is 4.79 Å². The molecule has 0 saturated carbocycles. The second kappa shape index (κ2) is 6.46. The lowest BCUT2D eigenvalue weighted by molar-refractivity contribution is -0.123. The fraction of sp³-hybridized carbons (Fsp3) is 0.526. The summed E-state index contributed by atoms with van der Waals surface area (Å²) in [5.74, 6) is 1.20. The molecule has 0 aromatic heterocycles. The first-order valence-electron chi connectivity index (χ1n) is 7.99. The van der Waals surface area contributed by atoms with Crippen molar-refractivity contribution in [3.63, 3.8) is 0 Å². The zero-order valence-corrected chi connectivity index (χ0v) is 13.6. The summed E-state index contributed by atoms with van der Waals surface area (Å²) in [6, 6.07) is 10.6. The van der Waals surface area contributed by atoms with Gasteiger partial charge in [-0.25, -0.2) is 0 Å². The van der Waals surface area contributed by atoms with Gasteiger partial charge >= 0.3 is 0 Å². The lowest BCUT2D eigenvalue weighted by Gasteiger charge is -2.41. The largest absolute Gasteiger partial charge is 0.351 e. The average Bonchev–Trinajstić information content (AvgIpc) is 2.47. The topological polar surface area (TPSA) is 29.1 Å². The van der Waals surface area contributed by atoms with Crippen molar-refractivity contribution >= 4 is 11.5 Å². The van der Waals surface area contributed by atoms with E-state index in [4.69, 9.17) is 0 Å². The number of amides is 1. The van der Waals surface area contributed by atoms with Crippen LogP contribution in [0.5, 0.6) is 0 Å². The highest BCUT2D eigenvalue weighted by molar-refractivity contribution is 5.76. The van der Waals surface area contributed by atoms with Gasteiger partial charge in [-0.3, -0.25) is 4.79 Å². The molecule has 0 spiro atoms. The van der Waals surface area contributed by atoms with Crippen LogP contribution >= 0.6 is 0 Å². The molecule has 21 heavy (non-hydrogen) atoms. The minimum Gasteiger partial charge on any atom is -0.351 e. The van der Waals surface area contributed by atoms with E-state index in [1.165, 1.54) is 11.1 Å². The van der Waals surface area contributed by atoms with Crippen molar-refractivity contribution in [3.05, 3.63) is 42.0 Å². The van der Waals surface area contributed by atoms with Crippen molar-refractivity contribution < 1.29 is 4.79 Å². The molecule has 2 nitrogen and oxygen atoms in total. The molecule has 1 aromatic rings.